The smallest absolute Gasteiger partial charge is 0.338 e. The van der Waals surface area contributed by atoms with Gasteiger partial charge in [-0.1, -0.05) is 29.3 Å². The molecule has 0 amide bonds. The quantitative estimate of drug-likeness (QED) is 0.339. The summed E-state index contributed by atoms with van der Waals surface area (Å²) in [6.07, 6.45) is -3.09. The maximum Gasteiger partial charge on any atom is 0.416 e. The highest BCUT2D eigenvalue weighted by atomic mass is 35.5. The molecule has 0 spiro atoms. The predicted octanol–water partition coefficient (Wildman–Crippen LogP) is 7.07. The molecule has 4 aromatic rings. The maximum atomic E-state index is 14.8. The van der Waals surface area contributed by atoms with Crippen molar-refractivity contribution in [3.8, 4) is 22.6 Å². The molecule has 3 nitrogen and oxygen atoms in total. The van der Waals surface area contributed by atoms with Crippen molar-refractivity contribution in [1.29, 1.82) is 0 Å². The van der Waals surface area contributed by atoms with Crippen LogP contribution in [0.1, 0.15) is 11.1 Å². The van der Waals surface area contributed by atoms with Crippen LogP contribution in [0.3, 0.4) is 0 Å². The fourth-order valence-corrected chi connectivity index (χ4v) is 3.55. The number of aryl methyl sites for hydroxylation is 1. The lowest BCUT2D eigenvalue weighted by molar-refractivity contribution is -0.137. The van der Waals surface area contributed by atoms with Crippen molar-refractivity contribution in [2.75, 3.05) is 0 Å². The van der Waals surface area contributed by atoms with Crippen molar-refractivity contribution < 1.29 is 17.6 Å². The fraction of sp³-hybridized carbons (Fsp3) is 0.100. The Bertz CT molecular complexity index is 1250. The van der Waals surface area contributed by atoms with E-state index in [0.29, 0.717) is 27.4 Å². The van der Waals surface area contributed by atoms with Gasteiger partial charge in [0.05, 0.1) is 37.9 Å². The Hall–Kier alpha value is -2.64. The second kappa shape index (κ2) is 7.00. The van der Waals surface area contributed by atoms with Crippen LogP contribution in [-0.2, 0) is 6.18 Å². The number of benzene rings is 2. The molecule has 0 aliphatic carbocycles. The Balaban J connectivity index is 1.79. The zero-order valence-electron chi connectivity index (χ0n) is 14.7. The Kier molecular flexibility index (Phi) is 4.75. The first kappa shape index (κ1) is 19.7. The lowest BCUT2D eigenvalue weighted by atomic mass is 10.1. The van der Waals surface area contributed by atoms with E-state index in [4.69, 9.17) is 23.2 Å². The average Bonchev–Trinajstić information content (AvgIpc) is 3.05. The van der Waals surface area contributed by atoms with Gasteiger partial charge in [0.2, 0.25) is 0 Å². The van der Waals surface area contributed by atoms with E-state index in [2.05, 4.69) is 15.0 Å². The van der Waals surface area contributed by atoms with E-state index in [-0.39, 0.29) is 21.9 Å². The fourth-order valence-electron chi connectivity index (χ4n) is 3.06. The lowest BCUT2D eigenvalue weighted by Gasteiger charge is -2.07. The third kappa shape index (κ3) is 3.68. The van der Waals surface area contributed by atoms with Crippen molar-refractivity contribution >= 4 is 34.2 Å². The predicted molar refractivity (Wildman–Crippen MR) is 104 cm³/mol. The summed E-state index contributed by atoms with van der Waals surface area (Å²) in [5, 5.41) is 0.621. The van der Waals surface area contributed by atoms with E-state index in [0.717, 1.165) is 12.1 Å². The Morgan fingerprint density at radius 3 is 2.45 bits per heavy atom. The van der Waals surface area contributed by atoms with Gasteiger partial charge in [-0.25, -0.2) is 9.37 Å². The van der Waals surface area contributed by atoms with Crippen LogP contribution < -0.4 is 0 Å². The first-order chi connectivity index (χ1) is 13.6. The van der Waals surface area contributed by atoms with Crippen LogP contribution in [0.15, 0.2) is 42.6 Å². The van der Waals surface area contributed by atoms with E-state index >= 15 is 0 Å². The van der Waals surface area contributed by atoms with E-state index < -0.39 is 17.6 Å². The Labute approximate surface area is 172 Å². The minimum Gasteiger partial charge on any atom is -0.338 e. The molecule has 0 atom stereocenters. The molecule has 2 aromatic heterocycles. The van der Waals surface area contributed by atoms with Crippen LogP contribution >= 0.6 is 23.2 Å². The molecule has 2 heterocycles. The zero-order chi connectivity index (χ0) is 20.9. The average molecular weight is 440 g/mol. The summed E-state index contributed by atoms with van der Waals surface area (Å²) in [7, 11) is 0. The second-order valence-corrected chi connectivity index (χ2v) is 7.29. The van der Waals surface area contributed by atoms with Gasteiger partial charge in [0.15, 0.2) is 0 Å². The molecule has 0 bridgehead atoms. The van der Waals surface area contributed by atoms with E-state index in [1.807, 2.05) is 0 Å². The number of pyridine rings is 1. The van der Waals surface area contributed by atoms with Gasteiger partial charge in [-0.3, -0.25) is 4.98 Å². The van der Waals surface area contributed by atoms with Gasteiger partial charge in [0.25, 0.3) is 0 Å². The standard InChI is InChI=1S/C20H11Cl2F4N3/c1-9-4-11(20(24,25)26)6-16-17(9)29-19(28-16)13-3-2-10(5-15(13)23)18-14(22)7-12(21)8-27-18/h2-8H,1H3,(H,28,29). The molecule has 148 valence electrons. The molecule has 1 N–H and O–H groups in total. The summed E-state index contributed by atoms with van der Waals surface area (Å²) in [4.78, 5) is 11.2. The molecule has 0 aliphatic rings. The molecule has 0 unspecified atom stereocenters. The van der Waals surface area contributed by atoms with Crippen molar-refractivity contribution in [3.63, 3.8) is 0 Å². The molecule has 4 rings (SSSR count). The van der Waals surface area contributed by atoms with Crippen molar-refractivity contribution in [3.05, 3.63) is 69.6 Å². The number of nitrogens with one attached hydrogen (secondary N) is 1. The highest BCUT2D eigenvalue weighted by Gasteiger charge is 2.31. The molecule has 9 heteroatoms. The summed E-state index contributed by atoms with van der Waals surface area (Å²) >= 11 is 11.9. The number of fused-ring (bicyclic) bond motifs is 1. The second-order valence-electron chi connectivity index (χ2n) is 6.45. The summed E-state index contributed by atoms with van der Waals surface area (Å²) in [5.41, 5.74) is 0.972. The molecule has 2 aromatic carbocycles. The highest BCUT2D eigenvalue weighted by Crippen LogP contribution is 2.35. The SMILES string of the molecule is Cc1cc(C(F)(F)F)cc2[nH]c(-c3ccc(-c4ncc(Cl)cc4Cl)cc3F)nc12. The first-order valence-corrected chi connectivity index (χ1v) is 9.08. The number of rotatable bonds is 2. The van der Waals surface area contributed by atoms with E-state index in [1.54, 1.807) is 6.07 Å². The third-order valence-electron chi connectivity index (χ3n) is 4.41. The first-order valence-electron chi connectivity index (χ1n) is 8.32. The van der Waals surface area contributed by atoms with Crippen LogP contribution in [0.5, 0.6) is 0 Å². The van der Waals surface area contributed by atoms with E-state index in [1.165, 1.54) is 31.3 Å². The number of halogens is 6. The number of hydrogen-bond acceptors (Lipinski definition) is 2. The molecule has 29 heavy (non-hydrogen) atoms. The number of imidazole rings is 1. The number of aromatic nitrogens is 3. The van der Waals surface area contributed by atoms with Gasteiger partial charge in [0.1, 0.15) is 11.6 Å². The number of aromatic amines is 1. The lowest BCUT2D eigenvalue weighted by Crippen LogP contribution is -2.05. The maximum absolute atomic E-state index is 14.8. The van der Waals surface area contributed by atoms with Crippen LogP contribution in [0.4, 0.5) is 17.6 Å². The monoisotopic (exact) mass is 439 g/mol. The van der Waals surface area contributed by atoms with Crippen LogP contribution in [0.2, 0.25) is 10.0 Å². The summed E-state index contributed by atoms with van der Waals surface area (Å²) in [5.74, 6) is -0.496. The van der Waals surface area contributed by atoms with Gasteiger partial charge in [-0.15, -0.1) is 0 Å². The number of nitrogens with zero attached hydrogens (tertiary/aromatic N) is 2. The largest absolute Gasteiger partial charge is 0.416 e. The van der Waals surface area contributed by atoms with Gasteiger partial charge in [0, 0.05) is 11.8 Å². The van der Waals surface area contributed by atoms with Crippen molar-refractivity contribution in [2.24, 2.45) is 0 Å². The summed E-state index contributed by atoms with van der Waals surface area (Å²) < 4.78 is 53.9. The molecule has 0 saturated heterocycles. The number of alkyl halides is 3. The van der Waals surface area contributed by atoms with Crippen molar-refractivity contribution in [1.82, 2.24) is 15.0 Å². The third-order valence-corrected chi connectivity index (χ3v) is 4.90. The zero-order valence-corrected chi connectivity index (χ0v) is 16.2. The van der Waals surface area contributed by atoms with Crippen LogP contribution in [0, 0.1) is 12.7 Å². The highest BCUT2D eigenvalue weighted by molar-refractivity contribution is 6.36. The molecular weight excluding hydrogens is 429 g/mol. The molecular formula is C20H11Cl2F4N3. The van der Waals surface area contributed by atoms with Gasteiger partial charge >= 0.3 is 6.18 Å². The van der Waals surface area contributed by atoms with Gasteiger partial charge in [-0.05, 0) is 42.8 Å². The van der Waals surface area contributed by atoms with Gasteiger partial charge in [-0.2, -0.15) is 13.2 Å². The van der Waals surface area contributed by atoms with E-state index in [9.17, 15) is 17.6 Å². The van der Waals surface area contributed by atoms with Crippen molar-refractivity contribution in [2.45, 2.75) is 13.1 Å². The number of H-pyrrole nitrogens is 1. The summed E-state index contributed by atoms with van der Waals surface area (Å²) in [6, 6.07) is 7.77. The summed E-state index contributed by atoms with van der Waals surface area (Å²) in [6.45, 7) is 1.52. The topological polar surface area (TPSA) is 41.6 Å². The number of hydrogen-bond donors (Lipinski definition) is 1. The molecule has 0 aliphatic heterocycles. The molecule has 0 fully saturated rings. The van der Waals surface area contributed by atoms with Crippen LogP contribution in [0.25, 0.3) is 33.7 Å². The van der Waals surface area contributed by atoms with Crippen LogP contribution in [-0.4, -0.2) is 15.0 Å². The normalized spacial score (nSPS) is 12.0. The Morgan fingerprint density at radius 2 is 1.79 bits per heavy atom. The molecule has 0 radical (unpaired) electrons. The minimum absolute atomic E-state index is 0.114. The molecule has 0 saturated carbocycles. The minimum atomic E-state index is -4.48. The van der Waals surface area contributed by atoms with Gasteiger partial charge < -0.3 is 4.98 Å². The Morgan fingerprint density at radius 1 is 1.03 bits per heavy atom.